The van der Waals surface area contributed by atoms with Crippen LogP contribution >= 0.6 is 0 Å². The number of benzene rings is 4. The molecule has 1 unspecified atom stereocenters. The van der Waals surface area contributed by atoms with Gasteiger partial charge in [-0.15, -0.1) is 0 Å². The second-order valence-electron chi connectivity index (χ2n) is 11.1. The third-order valence-corrected chi connectivity index (χ3v) is 8.05. The summed E-state index contributed by atoms with van der Waals surface area (Å²) in [6, 6.07) is 22.5. The molecule has 1 aliphatic rings. The molecule has 0 bridgehead atoms. The molecule has 1 aromatic heterocycles. The molecule has 1 atom stereocenters. The Morgan fingerprint density at radius 3 is 2.46 bits per heavy atom. The summed E-state index contributed by atoms with van der Waals surface area (Å²) < 4.78 is 42.7. The number of esters is 1. The average molecular weight is 619 g/mol. The van der Waals surface area contributed by atoms with Gasteiger partial charge in [0.15, 0.2) is 11.5 Å². The van der Waals surface area contributed by atoms with Gasteiger partial charge in [0.2, 0.25) is 11.6 Å². The van der Waals surface area contributed by atoms with Crippen LogP contribution in [0, 0.1) is 37.9 Å². The molecule has 1 aliphatic heterocycles. The highest BCUT2D eigenvalue weighted by molar-refractivity contribution is 5.97. The van der Waals surface area contributed by atoms with Crippen LogP contribution in [0.4, 0.5) is 4.39 Å². The number of carbonyl (C=O) groups is 1. The third-order valence-electron chi connectivity index (χ3n) is 8.05. The largest absolute Gasteiger partial charge is 0.490 e. The van der Waals surface area contributed by atoms with Crippen molar-refractivity contribution >= 4 is 16.9 Å². The van der Waals surface area contributed by atoms with Crippen LogP contribution in [0.25, 0.3) is 11.0 Å². The summed E-state index contributed by atoms with van der Waals surface area (Å²) in [5.74, 6) is 0.0378. The van der Waals surface area contributed by atoms with Gasteiger partial charge in [0.05, 0.1) is 12.5 Å². The van der Waals surface area contributed by atoms with Crippen molar-refractivity contribution in [3.63, 3.8) is 0 Å². The zero-order valence-electron chi connectivity index (χ0n) is 25.8. The zero-order valence-corrected chi connectivity index (χ0v) is 25.8. The second kappa shape index (κ2) is 12.3. The molecule has 46 heavy (non-hydrogen) atoms. The van der Waals surface area contributed by atoms with Crippen molar-refractivity contribution in [1.82, 2.24) is 0 Å². The van der Waals surface area contributed by atoms with E-state index in [4.69, 9.17) is 29.1 Å². The van der Waals surface area contributed by atoms with Crippen LogP contribution in [0.2, 0.25) is 0 Å². The molecule has 232 valence electrons. The Hall–Kier alpha value is -5.75. The number of nitrogens with two attached hydrogens (primary N) is 1. The van der Waals surface area contributed by atoms with E-state index in [0.29, 0.717) is 40.6 Å². The minimum Gasteiger partial charge on any atom is -0.490 e. The lowest BCUT2D eigenvalue weighted by Gasteiger charge is -2.27. The third kappa shape index (κ3) is 5.73. The number of nitriles is 1. The predicted molar refractivity (Wildman–Crippen MR) is 169 cm³/mol. The lowest BCUT2D eigenvalue weighted by molar-refractivity contribution is 0.0702. The molecule has 0 spiro atoms. The Balaban J connectivity index is 1.29. The average Bonchev–Trinajstić information content (AvgIpc) is 3.35. The second-order valence-corrected chi connectivity index (χ2v) is 11.1. The first-order valence-electron chi connectivity index (χ1n) is 14.7. The summed E-state index contributed by atoms with van der Waals surface area (Å²) in [6.07, 6.45) is 0. The molecule has 4 aromatic carbocycles. The van der Waals surface area contributed by atoms with Crippen molar-refractivity contribution in [1.29, 1.82) is 5.26 Å². The van der Waals surface area contributed by atoms with Gasteiger partial charge in [-0.25, -0.2) is 9.18 Å². The number of fused-ring (bicyclic) bond motifs is 2. The lowest BCUT2D eigenvalue weighted by atomic mass is 9.83. The number of aryl methyl sites for hydroxylation is 3. The number of halogens is 1. The standard InChI is InChI=1S/C37H31FN2O6/c1-5-42-33-16-24(8-13-30(33)43-19-23-6-9-25(38)10-7-23)34-27-12-11-26(17-32(27)46-36(40)29(34)18-39)44-37(41)35-22(4)28-14-20(2)21(3)15-31(28)45-35/h6-17,34H,5,19,40H2,1-4H3. The number of furan rings is 1. The molecule has 2 N–H and O–H groups in total. The minimum absolute atomic E-state index is 0.0584. The number of nitrogens with zero attached hydrogens (tertiary/aromatic N) is 1. The van der Waals surface area contributed by atoms with Crippen LogP contribution in [0.1, 0.15) is 56.8 Å². The first kappa shape index (κ1) is 30.3. The van der Waals surface area contributed by atoms with E-state index < -0.39 is 11.9 Å². The molecular weight excluding hydrogens is 587 g/mol. The molecule has 6 rings (SSSR count). The van der Waals surface area contributed by atoms with E-state index >= 15 is 0 Å². The minimum atomic E-state index is -0.643. The fraction of sp³-hybridized carbons (Fsp3) is 0.189. The molecule has 0 saturated heterocycles. The number of ether oxygens (including phenoxy) is 4. The van der Waals surface area contributed by atoms with Crippen molar-refractivity contribution < 1.29 is 32.5 Å². The Morgan fingerprint density at radius 2 is 1.72 bits per heavy atom. The molecule has 8 nitrogen and oxygen atoms in total. The fourth-order valence-corrected chi connectivity index (χ4v) is 5.50. The smallest absolute Gasteiger partial charge is 0.379 e. The Morgan fingerprint density at radius 1 is 0.957 bits per heavy atom. The summed E-state index contributed by atoms with van der Waals surface area (Å²) >= 11 is 0. The van der Waals surface area contributed by atoms with Crippen LogP contribution < -0.4 is 24.7 Å². The Kier molecular flexibility index (Phi) is 8.12. The van der Waals surface area contributed by atoms with Gasteiger partial charge in [-0.2, -0.15) is 5.26 Å². The zero-order chi connectivity index (χ0) is 32.5. The highest BCUT2D eigenvalue weighted by Gasteiger charge is 2.32. The first-order chi connectivity index (χ1) is 22.2. The quantitative estimate of drug-likeness (QED) is 0.138. The van der Waals surface area contributed by atoms with Gasteiger partial charge >= 0.3 is 5.97 Å². The number of hydrogen-bond acceptors (Lipinski definition) is 8. The van der Waals surface area contributed by atoms with Crippen LogP contribution in [-0.2, 0) is 6.61 Å². The topological polar surface area (TPSA) is 117 Å². The number of carbonyl (C=O) groups excluding carboxylic acids is 1. The molecule has 9 heteroatoms. The van der Waals surface area contributed by atoms with E-state index in [-0.39, 0.29) is 35.4 Å². The molecule has 0 fully saturated rings. The number of rotatable bonds is 8. The van der Waals surface area contributed by atoms with E-state index in [1.54, 1.807) is 42.5 Å². The van der Waals surface area contributed by atoms with Crippen LogP contribution in [0.15, 0.2) is 88.7 Å². The van der Waals surface area contributed by atoms with E-state index in [2.05, 4.69) is 6.07 Å². The summed E-state index contributed by atoms with van der Waals surface area (Å²) in [4.78, 5) is 13.2. The molecule has 0 aliphatic carbocycles. The van der Waals surface area contributed by atoms with Crippen molar-refractivity contribution in [2.24, 2.45) is 5.73 Å². The lowest BCUT2D eigenvalue weighted by Crippen LogP contribution is -2.21. The highest BCUT2D eigenvalue weighted by atomic mass is 19.1. The Bertz CT molecular complexity index is 2060. The summed E-state index contributed by atoms with van der Waals surface area (Å²) in [5, 5.41) is 10.9. The maximum Gasteiger partial charge on any atom is 0.379 e. The summed E-state index contributed by atoms with van der Waals surface area (Å²) in [5.41, 5.74) is 12.1. The van der Waals surface area contributed by atoms with Gasteiger partial charge in [-0.05, 0) is 92.4 Å². The van der Waals surface area contributed by atoms with Crippen LogP contribution in [0.5, 0.6) is 23.0 Å². The number of hydrogen-bond donors (Lipinski definition) is 1. The van der Waals surface area contributed by atoms with Gasteiger partial charge in [0.1, 0.15) is 41.1 Å². The molecule has 5 aromatic rings. The molecule has 0 saturated carbocycles. The van der Waals surface area contributed by atoms with E-state index in [0.717, 1.165) is 27.6 Å². The predicted octanol–water partition coefficient (Wildman–Crippen LogP) is 7.91. The normalized spacial score (nSPS) is 14.0. The van der Waals surface area contributed by atoms with Crippen LogP contribution in [0.3, 0.4) is 0 Å². The van der Waals surface area contributed by atoms with Crippen molar-refractivity contribution in [2.45, 2.75) is 40.2 Å². The molecule has 0 amide bonds. The molecular formula is C37H31FN2O6. The van der Waals surface area contributed by atoms with Crippen molar-refractivity contribution in [3.05, 3.63) is 129 Å². The number of allylic oxidation sites excluding steroid dienone is 1. The summed E-state index contributed by atoms with van der Waals surface area (Å²) in [7, 11) is 0. The van der Waals surface area contributed by atoms with Gasteiger partial charge < -0.3 is 29.1 Å². The molecule has 0 radical (unpaired) electrons. The maximum atomic E-state index is 13.3. The van der Waals surface area contributed by atoms with Gasteiger partial charge in [-0.3, -0.25) is 0 Å². The first-order valence-corrected chi connectivity index (χ1v) is 14.7. The summed E-state index contributed by atoms with van der Waals surface area (Å²) in [6.45, 7) is 8.26. The highest BCUT2D eigenvalue weighted by Crippen LogP contribution is 2.45. The van der Waals surface area contributed by atoms with Crippen molar-refractivity contribution in [3.8, 4) is 29.1 Å². The van der Waals surface area contributed by atoms with Gasteiger partial charge in [-0.1, -0.05) is 24.3 Å². The maximum absolute atomic E-state index is 13.3. The van der Waals surface area contributed by atoms with E-state index in [1.165, 1.54) is 12.1 Å². The van der Waals surface area contributed by atoms with Gasteiger partial charge in [0, 0.05) is 22.6 Å². The fourth-order valence-electron chi connectivity index (χ4n) is 5.50. The van der Waals surface area contributed by atoms with Crippen molar-refractivity contribution in [2.75, 3.05) is 6.61 Å². The van der Waals surface area contributed by atoms with E-state index in [1.807, 2.05) is 45.9 Å². The van der Waals surface area contributed by atoms with E-state index in [9.17, 15) is 14.4 Å². The SMILES string of the molecule is CCOc1cc(C2C(C#N)=C(N)Oc3cc(OC(=O)c4oc5cc(C)c(C)cc5c4C)ccc32)ccc1OCc1ccc(F)cc1. The Labute approximate surface area is 265 Å². The van der Waals surface area contributed by atoms with Gasteiger partial charge in [0.25, 0.3) is 0 Å². The molecule has 2 heterocycles. The monoisotopic (exact) mass is 618 g/mol. The van der Waals surface area contributed by atoms with Crippen LogP contribution in [-0.4, -0.2) is 12.6 Å².